The van der Waals surface area contributed by atoms with Crippen LogP contribution in [0.5, 0.6) is 0 Å². The highest BCUT2D eigenvalue weighted by atomic mass is 16.3. The zero-order valence-corrected chi connectivity index (χ0v) is 40.2. The van der Waals surface area contributed by atoms with Crippen LogP contribution in [0.3, 0.4) is 0 Å². The number of hydrogen-bond acceptors (Lipinski definition) is 3. The highest BCUT2D eigenvalue weighted by Gasteiger charge is 2.17. The summed E-state index contributed by atoms with van der Waals surface area (Å²) in [6.07, 6.45) is 76.8. The molecule has 0 rings (SSSR count). The second-order valence-corrected chi connectivity index (χ2v) is 17.2. The molecule has 1 amide bonds. The van der Waals surface area contributed by atoms with Crippen molar-refractivity contribution in [3.63, 3.8) is 0 Å². The minimum Gasteiger partial charge on any atom is -0.394 e. The fraction of sp³-hybridized carbons (Fsp3) is 0.702. The lowest BCUT2D eigenvalue weighted by Gasteiger charge is -2.20. The topological polar surface area (TPSA) is 69.6 Å². The van der Waals surface area contributed by atoms with Crippen molar-refractivity contribution in [2.24, 2.45) is 0 Å². The average molecular weight is 846 g/mol. The summed E-state index contributed by atoms with van der Waals surface area (Å²) in [4.78, 5) is 12.4. The number of aliphatic hydroxyl groups is 2. The van der Waals surface area contributed by atoms with Gasteiger partial charge in [-0.25, -0.2) is 0 Å². The van der Waals surface area contributed by atoms with Gasteiger partial charge in [0, 0.05) is 6.42 Å². The molecule has 350 valence electrons. The molecule has 0 spiro atoms. The van der Waals surface area contributed by atoms with E-state index in [1.54, 1.807) is 6.08 Å². The van der Waals surface area contributed by atoms with E-state index in [4.69, 9.17) is 0 Å². The molecule has 0 saturated carbocycles. The van der Waals surface area contributed by atoms with Gasteiger partial charge < -0.3 is 15.5 Å². The summed E-state index contributed by atoms with van der Waals surface area (Å²) in [5, 5.41) is 23.1. The number of hydrogen-bond donors (Lipinski definition) is 3. The van der Waals surface area contributed by atoms with E-state index in [1.165, 1.54) is 135 Å². The van der Waals surface area contributed by atoms with Crippen molar-refractivity contribution < 1.29 is 15.0 Å². The van der Waals surface area contributed by atoms with Gasteiger partial charge in [0.25, 0.3) is 0 Å². The smallest absolute Gasteiger partial charge is 0.220 e. The van der Waals surface area contributed by atoms with E-state index in [-0.39, 0.29) is 12.5 Å². The van der Waals surface area contributed by atoms with Gasteiger partial charge >= 0.3 is 0 Å². The predicted octanol–water partition coefficient (Wildman–Crippen LogP) is 17.0. The second kappa shape index (κ2) is 51.7. The van der Waals surface area contributed by atoms with Crippen LogP contribution in [0.2, 0.25) is 0 Å². The van der Waals surface area contributed by atoms with Crippen LogP contribution < -0.4 is 5.32 Å². The van der Waals surface area contributed by atoms with Gasteiger partial charge in [-0.15, -0.1) is 0 Å². The molecule has 0 aromatic carbocycles. The lowest BCUT2D eigenvalue weighted by molar-refractivity contribution is -0.123. The Balaban J connectivity index is 3.64. The summed E-state index contributed by atoms with van der Waals surface area (Å²) < 4.78 is 0. The van der Waals surface area contributed by atoms with Crippen molar-refractivity contribution in [1.82, 2.24) is 5.32 Å². The van der Waals surface area contributed by atoms with Gasteiger partial charge in [0.05, 0.1) is 18.8 Å². The lowest BCUT2D eigenvalue weighted by Crippen LogP contribution is -2.45. The number of amides is 1. The first-order valence-electron chi connectivity index (χ1n) is 26.0. The number of allylic oxidation sites excluding steroid dienone is 15. The third-order valence-corrected chi connectivity index (χ3v) is 11.3. The maximum atomic E-state index is 12.4. The summed E-state index contributed by atoms with van der Waals surface area (Å²) in [6.45, 7) is 4.19. The third-order valence-electron chi connectivity index (χ3n) is 11.3. The molecule has 0 aliphatic heterocycles. The molecule has 4 heteroatoms. The molecular formula is C57H99NO3. The Morgan fingerprint density at radius 2 is 0.721 bits per heavy atom. The molecule has 0 saturated heterocycles. The normalized spacial score (nSPS) is 13.7. The number of aliphatic hydroxyl groups excluding tert-OH is 2. The molecule has 3 N–H and O–H groups in total. The molecule has 0 heterocycles. The maximum absolute atomic E-state index is 12.4. The molecule has 0 radical (unpaired) electrons. The Labute approximate surface area is 379 Å². The van der Waals surface area contributed by atoms with E-state index >= 15 is 0 Å². The minimum absolute atomic E-state index is 0.0853. The number of rotatable bonds is 46. The molecule has 61 heavy (non-hydrogen) atoms. The molecule has 0 aromatic rings. The van der Waals surface area contributed by atoms with E-state index in [9.17, 15) is 15.0 Å². The van der Waals surface area contributed by atoms with Gasteiger partial charge in [-0.05, 0) is 77.0 Å². The fourth-order valence-corrected chi connectivity index (χ4v) is 7.39. The first-order valence-corrected chi connectivity index (χ1v) is 26.0. The SMILES string of the molecule is CC/C=C\C/C=C\C/C=C\C/C=C\C/C=C\C/C=C\C/C=C\CCCCCCCC(=O)NC(CO)C(O)/C=C/CCCCCCCCCCCCCCCCCCCCCC. The molecule has 0 aliphatic carbocycles. The monoisotopic (exact) mass is 846 g/mol. The van der Waals surface area contributed by atoms with Crippen LogP contribution in [0.25, 0.3) is 0 Å². The van der Waals surface area contributed by atoms with Crippen LogP contribution in [0, 0.1) is 0 Å². The Kier molecular flexibility index (Phi) is 49.4. The summed E-state index contributed by atoms with van der Waals surface area (Å²) >= 11 is 0. The van der Waals surface area contributed by atoms with Crippen molar-refractivity contribution in [1.29, 1.82) is 0 Å². The summed E-state index contributed by atoms with van der Waals surface area (Å²) in [5.74, 6) is -0.0853. The second-order valence-electron chi connectivity index (χ2n) is 17.2. The Hall–Kier alpha value is -2.69. The molecule has 0 aromatic heterocycles. The van der Waals surface area contributed by atoms with E-state index in [1.807, 2.05) is 6.08 Å². The van der Waals surface area contributed by atoms with Crippen molar-refractivity contribution in [2.45, 2.75) is 251 Å². The minimum atomic E-state index is -0.855. The van der Waals surface area contributed by atoms with Crippen LogP contribution in [-0.2, 0) is 4.79 Å². The quantitative estimate of drug-likeness (QED) is 0.0422. The zero-order valence-electron chi connectivity index (χ0n) is 40.2. The van der Waals surface area contributed by atoms with E-state index in [0.717, 1.165) is 83.5 Å². The van der Waals surface area contributed by atoms with E-state index < -0.39 is 12.1 Å². The standard InChI is InChI=1S/C57H99NO3/c1-3-5-7-9-11-13-15-17-19-21-23-25-27-28-29-30-31-33-35-37-39-41-43-45-47-49-51-53-57(61)58-55(54-59)56(60)52-50-48-46-44-42-40-38-36-34-32-26-24-22-20-18-16-14-12-10-8-6-4-2/h5,7,11,13,17,19,23,25,28-29,31,33,37,39,50,52,55-56,59-60H,3-4,6,8-10,12,14-16,18,20-22,24,26-27,30,32,34-36,38,40-49,51,53-54H2,1-2H3,(H,58,61)/b7-5-,13-11-,19-17-,25-23-,29-28-,33-31-,39-37-,52-50+. The molecule has 0 fully saturated rings. The molecule has 4 nitrogen and oxygen atoms in total. The fourth-order valence-electron chi connectivity index (χ4n) is 7.39. The van der Waals surface area contributed by atoms with Crippen LogP contribution in [0.4, 0.5) is 0 Å². The number of carbonyl (C=O) groups is 1. The summed E-state index contributed by atoms with van der Waals surface area (Å²) in [6, 6.07) is -0.640. The maximum Gasteiger partial charge on any atom is 0.220 e. The number of nitrogens with one attached hydrogen (secondary N) is 1. The van der Waals surface area contributed by atoms with Crippen LogP contribution in [0.1, 0.15) is 239 Å². The lowest BCUT2D eigenvalue weighted by atomic mass is 10.0. The van der Waals surface area contributed by atoms with Crippen LogP contribution >= 0.6 is 0 Å². The average Bonchev–Trinajstić information content (AvgIpc) is 3.26. The zero-order chi connectivity index (χ0) is 44.2. The van der Waals surface area contributed by atoms with Crippen molar-refractivity contribution >= 4 is 5.91 Å². The molecule has 2 unspecified atom stereocenters. The predicted molar refractivity (Wildman–Crippen MR) is 271 cm³/mol. The molecule has 0 aliphatic rings. The molecule has 2 atom stereocenters. The number of unbranched alkanes of at least 4 members (excludes halogenated alkanes) is 25. The summed E-state index contributed by atoms with van der Waals surface area (Å²) in [5.41, 5.74) is 0. The first-order chi connectivity index (χ1) is 30.2. The van der Waals surface area contributed by atoms with Crippen molar-refractivity contribution in [2.75, 3.05) is 6.61 Å². The van der Waals surface area contributed by atoms with Crippen LogP contribution in [0.15, 0.2) is 97.2 Å². The van der Waals surface area contributed by atoms with Gasteiger partial charge in [-0.1, -0.05) is 252 Å². The van der Waals surface area contributed by atoms with Gasteiger partial charge in [-0.2, -0.15) is 0 Å². The number of carbonyl (C=O) groups excluding carboxylic acids is 1. The highest BCUT2D eigenvalue weighted by molar-refractivity contribution is 5.76. The Bertz CT molecular complexity index is 1140. The van der Waals surface area contributed by atoms with Gasteiger partial charge in [0.15, 0.2) is 0 Å². The highest BCUT2D eigenvalue weighted by Crippen LogP contribution is 2.16. The first kappa shape index (κ1) is 58.3. The largest absolute Gasteiger partial charge is 0.394 e. The van der Waals surface area contributed by atoms with Crippen LogP contribution in [-0.4, -0.2) is 34.9 Å². The van der Waals surface area contributed by atoms with E-state index in [0.29, 0.717) is 6.42 Å². The van der Waals surface area contributed by atoms with Crippen molar-refractivity contribution in [3.8, 4) is 0 Å². The van der Waals surface area contributed by atoms with Gasteiger partial charge in [-0.3, -0.25) is 4.79 Å². The van der Waals surface area contributed by atoms with E-state index in [2.05, 4.69) is 104 Å². The Morgan fingerprint density at radius 3 is 1.08 bits per heavy atom. The van der Waals surface area contributed by atoms with Crippen molar-refractivity contribution in [3.05, 3.63) is 97.2 Å². The van der Waals surface area contributed by atoms with Gasteiger partial charge in [0.1, 0.15) is 0 Å². The molecular weight excluding hydrogens is 747 g/mol. The summed E-state index contributed by atoms with van der Waals surface area (Å²) in [7, 11) is 0. The Morgan fingerprint density at radius 1 is 0.410 bits per heavy atom. The van der Waals surface area contributed by atoms with Gasteiger partial charge in [0.2, 0.25) is 5.91 Å². The third kappa shape index (κ3) is 48.2. The molecule has 0 bridgehead atoms.